The van der Waals surface area contributed by atoms with E-state index in [0.717, 1.165) is 36.2 Å². The van der Waals surface area contributed by atoms with Gasteiger partial charge in [-0.05, 0) is 33.6 Å². The molecule has 0 spiro atoms. The number of hydrogen-bond acceptors (Lipinski definition) is 3. The highest BCUT2D eigenvalue weighted by atomic mass is 79.9. The Balaban J connectivity index is 0.00000180. The van der Waals surface area contributed by atoms with Crippen LogP contribution in [0.4, 0.5) is 0 Å². The number of rotatable bonds is 3. The fourth-order valence-corrected chi connectivity index (χ4v) is 2.77. The van der Waals surface area contributed by atoms with Gasteiger partial charge < -0.3 is 5.32 Å². The van der Waals surface area contributed by atoms with E-state index in [1.165, 1.54) is 0 Å². The quantitative estimate of drug-likeness (QED) is 0.837. The lowest BCUT2D eigenvalue weighted by Gasteiger charge is -2.34. The minimum Gasteiger partial charge on any atom is -0.314 e. The van der Waals surface area contributed by atoms with Crippen molar-refractivity contribution in [2.75, 3.05) is 26.2 Å². The van der Waals surface area contributed by atoms with E-state index in [2.05, 4.69) is 32.2 Å². The molecule has 0 saturated carbocycles. The van der Waals surface area contributed by atoms with Crippen molar-refractivity contribution in [2.24, 2.45) is 0 Å². The van der Waals surface area contributed by atoms with Crippen molar-refractivity contribution in [1.82, 2.24) is 10.2 Å². The average molecular weight is 402 g/mol. The third kappa shape index (κ3) is 5.07. The van der Waals surface area contributed by atoms with Crippen molar-refractivity contribution in [1.29, 1.82) is 5.26 Å². The van der Waals surface area contributed by atoms with Gasteiger partial charge in [0.15, 0.2) is 0 Å². The summed E-state index contributed by atoms with van der Waals surface area (Å²) in [6.07, 6.45) is 0.508. The lowest BCUT2D eigenvalue weighted by molar-refractivity contribution is 0.175. The third-order valence-corrected chi connectivity index (χ3v) is 4.42. The zero-order chi connectivity index (χ0) is 13.0. The topological polar surface area (TPSA) is 39.1 Å². The van der Waals surface area contributed by atoms with Crippen LogP contribution in [0.3, 0.4) is 0 Å². The molecule has 1 heterocycles. The van der Waals surface area contributed by atoms with Crippen LogP contribution in [0.2, 0.25) is 5.02 Å². The molecule has 0 unspecified atom stereocenters. The van der Waals surface area contributed by atoms with Gasteiger partial charge in [-0.2, -0.15) is 5.26 Å². The summed E-state index contributed by atoms with van der Waals surface area (Å²) in [5, 5.41) is 13.1. The molecule has 1 fully saturated rings. The molecule has 3 nitrogen and oxygen atoms in total. The lowest BCUT2D eigenvalue weighted by atomic mass is 10.0. The molecule has 1 aliphatic heterocycles. The van der Waals surface area contributed by atoms with Crippen molar-refractivity contribution >= 4 is 52.3 Å². The fourth-order valence-electron chi connectivity index (χ4n) is 2.26. The summed E-state index contributed by atoms with van der Waals surface area (Å²) < 4.78 is 0.889. The maximum atomic E-state index is 9.02. The first kappa shape index (κ1) is 20.0. The zero-order valence-electron chi connectivity index (χ0n) is 10.8. The Morgan fingerprint density at radius 2 is 2.00 bits per heavy atom. The highest BCUT2D eigenvalue weighted by Crippen LogP contribution is 2.30. The monoisotopic (exact) mass is 399 g/mol. The second-order valence-electron chi connectivity index (χ2n) is 4.34. The highest BCUT2D eigenvalue weighted by molar-refractivity contribution is 9.10. The minimum atomic E-state index is 0. The van der Waals surface area contributed by atoms with E-state index in [0.29, 0.717) is 11.4 Å². The standard InChI is InChI=1S/C13H15BrClN3.2ClH/c14-11-9-10(1-2-12(11)15)13(3-4-16)18-7-5-17-6-8-18;;/h1-2,9,13,17H,3,5-8H2;2*1H/t13-;;/m1../s1. The van der Waals surface area contributed by atoms with Crippen LogP contribution in [0, 0.1) is 11.3 Å². The number of hydrogen-bond donors (Lipinski definition) is 1. The summed E-state index contributed by atoms with van der Waals surface area (Å²) in [6, 6.07) is 8.36. The molecule has 1 atom stereocenters. The van der Waals surface area contributed by atoms with Gasteiger partial charge in [-0.1, -0.05) is 17.7 Å². The van der Waals surface area contributed by atoms with Crippen LogP contribution in [0.25, 0.3) is 0 Å². The van der Waals surface area contributed by atoms with Crippen molar-refractivity contribution in [3.05, 3.63) is 33.3 Å². The summed E-state index contributed by atoms with van der Waals surface area (Å²) in [6.45, 7) is 3.92. The van der Waals surface area contributed by atoms with Crippen molar-refractivity contribution < 1.29 is 0 Å². The molecule has 1 N–H and O–H groups in total. The van der Waals surface area contributed by atoms with Crippen LogP contribution in [-0.2, 0) is 0 Å². The number of benzene rings is 1. The summed E-state index contributed by atoms with van der Waals surface area (Å²) >= 11 is 9.46. The van der Waals surface area contributed by atoms with Gasteiger partial charge >= 0.3 is 0 Å². The van der Waals surface area contributed by atoms with E-state index in [4.69, 9.17) is 16.9 Å². The molecule has 0 radical (unpaired) electrons. The van der Waals surface area contributed by atoms with Gasteiger partial charge in [-0.15, -0.1) is 24.8 Å². The van der Waals surface area contributed by atoms with Gasteiger partial charge in [0.1, 0.15) is 0 Å². The molecule has 1 saturated heterocycles. The molecule has 0 aliphatic carbocycles. The number of nitrogens with zero attached hydrogens (tertiary/aromatic N) is 2. The first-order valence-corrected chi connectivity index (χ1v) is 7.16. The van der Waals surface area contributed by atoms with Crippen LogP contribution in [0.15, 0.2) is 22.7 Å². The Labute approximate surface area is 145 Å². The molecule has 112 valence electrons. The predicted octanol–water partition coefficient (Wildman–Crippen LogP) is 3.81. The van der Waals surface area contributed by atoms with Crippen molar-refractivity contribution in [3.8, 4) is 6.07 Å². The molecular weight excluding hydrogens is 384 g/mol. The van der Waals surface area contributed by atoms with E-state index in [9.17, 15) is 0 Å². The Bertz CT molecular complexity index is 459. The number of piperazine rings is 1. The Morgan fingerprint density at radius 3 is 2.55 bits per heavy atom. The Kier molecular flexibility index (Phi) is 9.82. The number of halogens is 4. The van der Waals surface area contributed by atoms with Gasteiger partial charge in [0.2, 0.25) is 0 Å². The first-order valence-electron chi connectivity index (χ1n) is 5.99. The van der Waals surface area contributed by atoms with Gasteiger partial charge in [0.05, 0.1) is 17.5 Å². The van der Waals surface area contributed by atoms with Crippen LogP contribution in [0.1, 0.15) is 18.0 Å². The molecule has 20 heavy (non-hydrogen) atoms. The normalized spacial score (nSPS) is 16.4. The lowest BCUT2D eigenvalue weighted by Crippen LogP contribution is -2.45. The summed E-state index contributed by atoms with van der Waals surface area (Å²) in [7, 11) is 0. The number of nitrogens with one attached hydrogen (secondary N) is 1. The van der Waals surface area contributed by atoms with Crippen LogP contribution >= 0.6 is 52.3 Å². The van der Waals surface area contributed by atoms with Gasteiger partial charge in [-0.3, -0.25) is 4.90 Å². The molecule has 0 bridgehead atoms. The van der Waals surface area contributed by atoms with E-state index in [1.54, 1.807) is 0 Å². The second kappa shape index (κ2) is 9.83. The number of nitriles is 1. The molecule has 0 amide bonds. The van der Waals surface area contributed by atoms with E-state index in [1.807, 2.05) is 18.2 Å². The fraction of sp³-hybridized carbons (Fsp3) is 0.462. The molecular formula is C13H17BrCl3N3. The Morgan fingerprint density at radius 1 is 1.35 bits per heavy atom. The molecule has 7 heteroatoms. The van der Waals surface area contributed by atoms with Gasteiger partial charge in [0, 0.05) is 36.7 Å². The summed E-state index contributed by atoms with van der Waals surface area (Å²) in [5.41, 5.74) is 1.15. The molecule has 0 aromatic heterocycles. The average Bonchev–Trinajstić information content (AvgIpc) is 2.40. The smallest absolute Gasteiger partial charge is 0.0641 e. The SMILES string of the molecule is Cl.Cl.N#CC[C@H](c1ccc(Cl)c(Br)c1)N1CCNCC1. The van der Waals surface area contributed by atoms with Gasteiger partial charge in [-0.25, -0.2) is 0 Å². The third-order valence-electron chi connectivity index (χ3n) is 3.21. The molecule has 2 rings (SSSR count). The minimum absolute atomic E-state index is 0. The van der Waals surface area contributed by atoms with Crippen LogP contribution in [-0.4, -0.2) is 31.1 Å². The van der Waals surface area contributed by atoms with Crippen molar-refractivity contribution in [3.63, 3.8) is 0 Å². The summed E-state index contributed by atoms with van der Waals surface area (Å²) in [4.78, 5) is 2.36. The van der Waals surface area contributed by atoms with Crippen LogP contribution < -0.4 is 5.32 Å². The molecule has 1 aromatic carbocycles. The summed E-state index contributed by atoms with van der Waals surface area (Å²) in [5.74, 6) is 0. The van der Waals surface area contributed by atoms with Crippen LogP contribution in [0.5, 0.6) is 0 Å². The van der Waals surface area contributed by atoms with Crippen molar-refractivity contribution in [2.45, 2.75) is 12.5 Å². The zero-order valence-corrected chi connectivity index (χ0v) is 14.8. The highest BCUT2D eigenvalue weighted by Gasteiger charge is 2.22. The maximum Gasteiger partial charge on any atom is 0.0641 e. The second-order valence-corrected chi connectivity index (χ2v) is 5.60. The molecule has 1 aromatic rings. The predicted molar refractivity (Wildman–Crippen MR) is 91.1 cm³/mol. The van der Waals surface area contributed by atoms with E-state index in [-0.39, 0.29) is 30.9 Å². The first-order chi connectivity index (χ1) is 8.72. The molecule has 1 aliphatic rings. The van der Waals surface area contributed by atoms with Gasteiger partial charge in [0.25, 0.3) is 0 Å². The van der Waals surface area contributed by atoms with E-state index < -0.39 is 0 Å². The Hall–Kier alpha value is -0.0200. The van der Waals surface area contributed by atoms with E-state index >= 15 is 0 Å². The maximum absolute atomic E-state index is 9.02. The largest absolute Gasteiger partial charge is 0.314 e.